The first kappa shape index (κ1) is 14.0. The average Bonchev–Trinajstić information content (AvgIpc) is 2.20. The molecule has 0 unspecified atom stereocenters. The number of hydrogen-bond acceptors (Lipinski definition) is 2. The number of halogens is 1. The van der Waals surface area contributed by atoms with Gasteiger partial charge in [-0.25, -0.2) is 4.79 Å². The fraction of sp³-hybridized carbons (Fsp3) is 0.462. The van der Waals surface area contributed by atoms with E-state index < -0.39 is 6.09 Å². The van der Waals surface area contributed by atoms with Gasteiger partial charge < -0.3 is 4.74 Å². The normalized spacial score (nSPS) is 11.1. The molecule has 0 fully saturated rings. The molecule has 0 bridgehead atoms. The Labute approximate surface area is 111 Å². The lowest BCUT2D eigenvalue weighted by Gasteiger charge is -2.20. The van der Waals surface area contributed by atoms with Crippen LogP contribution in [0.15, 0.2) is 22.7 Å². The fourth-order valence-electron chi connectivity index (χ4n) is 1.36. The summed E-state index contributed by atoms with van der Waals surface area (Å²) in [7, 11) is 0. The topological polar surface area (TPSA) is 38.3 Å². The van der Waals surface area contributed by atoms with Gasteiger partial charge in [0.25, 0.3) is 0 Å². The second kappa shape index (κ2) is 5.54. The van der Waals surface area contributed by atoms with Gasteiger partial charge in [-0.3, -0.25) is 5.32 Å². The van der Waals surface area contributed by atoms with E-state index in [0.717, 1.165) is 10.2 Å². The van der Waals surface area contributed by atoms with E-state index in [2.05, 4.69) is 42.0 Å². The molecule has 1 aromatic rings. The number of rotatable bonds is 2. The van der Waals surface area contributed by atoms with Gasteiger partial charge in [0.1, 0.15) is 0 Å². The lowest BCUT2D eigenvalue weighted by molar-refractivity contribution is 0.168. The number of benzene rings is 1. The average molecular weight is 300 g/mol. The van der Waals surface area contributed by atoms with Crippen molar-refractivity contribution in [2.45, 2.75) is 33.1 Å². The van der Waals surface area contributed by atoms with Gasteiger partial charge in [-0.1, -0.05) is 26.8 Å². The molecule has 0 heterocycles. The van der Waals surface area contributed by atoms with Crippen LogP contribution in [0, 0.1) is 0 Å². The first-order chi connectivity index (χ1) is 7.84. The highest BCUT2D eigenvalue weighted by Gasteiger charge is 2.15. The molecule has 1 aromatic carbocycles. The van der Waals surface area contributed by atoms with Crippen LogP contribution in [0.3, 0.4) is 0 Å². The molecular formula is C13H18BrNO2. The van der Waals surface area contributed by atoms with Crippen molar-refractivity contribution in [1.82, 2.24) is 0 Å². The monoisotopic (exact) mass is 299 g/mol. The van der Waals surface area contributed by atoms with Crippen molar-refractivity contribution in [2.24, 2.45) is 0 Å². The van der Waals surface area contributed by atoms with E-state index in [0.29, 0.717) is 6.61 Å². The maximum atomic E-state index is 11.3. The largest absolute Gasteiger partial charge is 0.450 e. The second-order valence-electron chi connectivity index (χ2n) is 4.79. The number of carbonyl (C=O) groups is 1. The van der Waals surface area contributed by atoms with Crippen LogP contribution in [0.25, 0.3) is 0 Å². The van der Waals surface area contributed by atoms with Crippen LogP contribution in [0.5, 0.6) is 0 Å². The summed E-state index contributed by atoms with van der Waals surface area (Å²) < 4.78 is 5.69. The molecule has 1 N–H and O–H groups in total. The minimum atomic E-state index is -0.434. The van der Waals surface area contributed by atoms with Crippen molar-refractivity contribution in [3.05, 3.63) is 28.2 Å². The van der Waals surface area contributed by atoms with Gasteiger partial charge in [0, 0.05) is 4.47 Å². The molecule has 0 spiro atoms. The van der Waals surface area contributed by atoms with Gasteiger partial charge in [-0.15, -0.1) is 0 Å². The van der Waals surface area contributed by atoms with Crippen LogP contribution in [-0.4, -0.2) is 12.7 Å². The molecule has 0 aliphatic carbocycles. The van der Waals surface area contributed by atoms with Crippen LogP contribution in [0.1, 0.15) is 33.3 Å². The Hall–Kier alpha value is -1.03. The lowest BCUT2D eigenvalue weighted by Crippen LogP contribution is -2.15. The van der Waals surface area contributed by atoms with Crippen molar-refractivity contribution < 1.29 is 9.53 Å². The van der Waals surface area contributed by atoms with Gasteiger partial charge in [0.05, 0.1) is 12.3 Å². The predicted octanol–water partition coefficient (Wildman–Crippen LogP) is 4.32. The van der Waals surface area contributed by atoms with Crippen LogP contribution >= 0.6 is 15.9 Å². The van der Waals surface area contributed by atoms with E-state index in [1.165, 1.54) is 5.56 Å². The summed E-state index contributed by atoms with van der Waals surface area (Å²) in [5.41, 5.74) is 2.01. The summed E-state index contributed by atoms with van der Waals surface area (Å²) in [6, 6.07) is 5.90. The summed E-state index contributed by atoms with van der Waals surface area (Å²) in [6.45, 7) is 8.58. The molecule has 0 saturated carbocycles. The van der Waals surface area contributed by atoms with Crippen molar-refractivity contribution in [2.75, 3.05) is 11.9 Å². The third-order valence-corrected chi connectivity index (χ3v) is 3.00. The Morgan fingerprint density at radius 3 is 2.53 bits per heavy atom. The summed E-state index contributed by atoms with van der Waals surface area (Å²) >= 11 is 3.45. The molecule has 17 heavy (non-hydrogen) atoms. The standard InChI is InChI=1S/C13H18BrNO2/c1-5-17-12(16)15-11-7-6-9(8-10(11)14)13(2,3)4/h6-8H,5H2,1-4H3,(H,15,16). The highest BCUT2D eigenvalue weighted by atomic mass is 79.9. The predicted molar refractivity (Wildman–Crippen MR) is 73.5 cm³/mol. The summed E-state index contributed by atoms with van der Waals surface area (Å²) in [5, 5.41) is 2.68. The fourth-order valence-corrected chi connectivity index (χ4v) is 1.84. The van der Waals surface area contributed by atoms with Crippen molar-refractivity contribution in [3.63, 3.8) is 0 Å². The number of ether oxygens (including phenoxy) is 1. The second-order valence-corrected chi connectivity index (χ2v) is 5.64. The van der Waals surface area contributed by atoms with Gasteiger partial charge in [-0.05, 0) is 46.0 Å². The Morgan fingerprint density at radius 2 is 2.06 bits per heavy atom. The van der Waals surface area contributed by atoms with Crippen LogP contribution in [0.2, 0.25) is 0 Å². The smallest absolute Gasteiger partial charge is 0.411 e. The Morgan fingerprint density at radius 1 is 1.41 bits per heavy atom. The first-order valence-electron chi connectivity index (χ1n) is 5.58. The summed E-state index contributed by atoms with van der Waals surface area (Å²) in [6.07, 6.45) is -0.434. The molecule has 1 amide bonds. The van der Waals surface area contributed by atoms with E-state index in [-0.39, 0.29) is 5.41 Å². The Kier molecular flexibility index (Phi) is 4.57. The molecule has 0 aromatic heterocycles. The minimum absolute atomic E-state index is 0.0883. The van der Waals surface area contributed by atoms with Gasteiger partial charge in [0.2, 0.25) is 0 Å². The van der Waals surface area contributed by atoms with Gasteiger partial charge in [-0.2, -0.15) is 0 Å². The highest BCUT2D eigenvalue weighted by Crippen LogP contribution is 2.30. The van der Waals surface area contributed by atoms with Gasteiger partial charge >= 0.3 is 6.09 Å². The SMILES string of the molecule is CCOC(=O)Nc1ccc(C(C)(C)C)cc1Br. The minimum Gasteiger partial charge on any atom is -0.450 e. The summed E-state index contributed by atoms with van der Waals surface area (Å²) in [4.78, 5) is 11.3. The molecule has 4 heteroatoms. The third kappa shape index (κ3) is 4.04. The van der Waals surface area contributed by atoms with Crippen LogP contribution in [-0.2, 0) is 10.2 Å². The Bertz CT molecular complexity index is 410. The Balaban J connectivity index is 2.87. The molecule has 0 radical (unpaired) electrons. The number of anilines is 1. The maximum Gasteiger partial charge on any atom is 0.411 e. The maximum absolute atomic E-state index is 11.3. The van der Waals surface area contributed by atoms with Crippen molar-refractivity contribution >= 4 is 27.7 Å². The zero-order valence-corrected chi connectivity index (χ0v) is 12.2. The van der Waals surface area contributed by atoms with Crippen molar-refractivity contribution in [3.8, 4) is 0 Å². The molecular weight excluding hydrogens is 282 g/mol. The van der Waals surface area contributed by atoms with Gasteiger partial charge in [0.15, 0.2) is 0 Å². The van der Waals surface area contributed by atoms with Crippen LogP contribution in [0.4, 0.5) is 10.5 Å². The molecule has 94 valence electrons. The summed E-state index contributed by atoms with van der Waals surface area (Å²) in [5.74, 6) is 0. The van der Waals surface area contributed by atoms with E-state index in [1.807, 2.05) is 18.2 Å². The first-order valence-corrected chi connectivity index (χ1v) is 6.37. The molecule has 0 aliphatic rings. The molecule has 0 saturated heterocycles. The molecule has 3 nitrogen and oxygen atoms in total. The van der Waals surface area contributed by atoms with E-state index in [9.17, 15) is 4.79 Å². The lowest BCUT2D eigenvalue weighted by atomic mass is 9.87. The molecule has 0 atom stereocenters. The van der Waals surface area contributed by atoms with Crippen LogP contribution < -0.4 is 5.32 Å². The number of hydrogen-bond donors (Lipinski definition) is 1. The molecule has 0 aliphatic heterocycles. The van der Waals surface area contributed by atoms with E-state index in [4.69, 9.17) is 4.74 Å². The zero-order valence-electron chi connectivity index (χ0n) is 10.6. The quantitative estimate of drug-likeness (QED) is 0.883. The molecule has 1 rings (SSSR count). The number of amides is 1. The highest BCUT2D eigenvalue weighted by molar-refractivity contribution is 9.10. The van der Waals surface area contributed by atoms with Crippen molar-refractivity contribution in [1.29, 1.82) is 0 Å². The zero-order chi connectivity index (χ0) is 13.1. The van der Waals surface area contributed by atoms with E-state index >= 15 is 0 Å². The number of nitrogens with one attached hydrogen (secondary N) is 1. The third-order valence-electron chi connectivity index (χ3n) is 2.35. The number of carbonyl (C=O) groups excluding carboxylic acids is 1. The van der Waals surface area contributed by atoms with E-state index in [1.54, 1.807) is 6.92 Å².